The highest BCUT2D eigenvalue weighted by molar-refractivity contribution is 5.27. The third kappa shape index (κ3) is 4.23. The van der Waals surface area contributed by atoms with Crippen molar-refractivity contribution in [2.24, 2.45) is 0 Å². The van der Waals surface area contributed by atoms with E-state index in [-0.39, 0.29) is 0 Å². The van der Waals surface area contributed by atoms with Crippen molar-refractivity contribution in [3.63, 3.8) is 0 Å². The van der Waals surface area contributed by atoms with Crippen LogP contribution in [-0.4, -0.2) is 28.0 Å². The van der Waals surface area contributed by atoms with Gasteiger partial charge in [-0.2, -0.15) is 4.98 Å². The zero-order valence-corrected chi connectivity index (χ0v) is 10.5. The molecule has 0 unspecified atom stereocenters. The summed E-state index contributed by atoms with van der Waals surface area (Å²) in [5, 5.41) is 0. The van der Waals surface area contributed by atoms with Crippen LogP contribution < -0.4 is 4.90 Å². The minimum absolute atomic E-state index is 0.789. The average Bonchev–Trinajstić information content (AvgIpc) is 2.33. The van der Waals surface area contributed by atoms with Gasteiger partial charge in [-0.1, -0.05) is 20.8 Å². The molecule has 0 aliphatic carbocycles. The van der Waals surface area contributed by atoms with Crippen LogP contribution in [0.4, 0.5) is 5.95 Å². The second-order valence-electron chi connectivity index (χ2n) is 2.73. The van der Waals surface area contributed by atoms with Crippen molar-refractivity contribution in [1.82, 2.24) is 15.0 Å². The molecule has 0 spiro atoms. The van der Waals surface area contributed by atoms with Crippen LogP contribution in [0.5, 0.6) is 0 Å². The Labute approximate surface area is 92.8 Å². The number of rotatable bonds is 4. The van der Waals surface area contributed by atoms with Gasteiger partial charge in [0, 0.05) is 19.5 Å². The molecule has 86 valence electrons. The Bertz CT molecular complexity index is 259. The minimum atomic E-state index is 0.789. The first-order valence-electron chi connectivity index (χ1n) is 5.74. The Kier molecular flexibility index (Phi) is 7.50. The van der Waals surface area contributed by atoms with E-state index < -0.39 is 0 Å². The van der Waals surface area contributed by atoms with E-state index in [4.69, 9.17) is 0 Å². The molecular formula is C11H22N4. The van der Waals surface area contributed by atoms with Crippen LogP contribution in [0.2, 0.25) is 0 Å². The molecule has 4 heteroatoms. The largest absolute Gasteiger partial charge is 0.341 e. The van der Waals surface area contributed by atoms with Crippen molar-refractivity contribution in [1.29, 1.82) is 0 Å². The van der Waals surface area contributed by atoms with Gasteiger partial charge in [-0.15, -0.1) is 0 Å². The fraction of sp³-hybridized carbons (Fsp3) is 0.727. The van der Waals surface area contributed by atoms with E-state index in [9.17, 15) is 0 Å². The molecule has 1 heterocycles. The molecule has 0 saturated carbocycles. The molecule has 0 aliphatic heterocycles. The first kappa shape index (κ1) is 13.8. The number of nitrogens with zero attached hydrogens (tertiary/aromatic N) is 4. The van der Waals surface area contributed by atoms with Gasteiger partial charge in [0.05, 0.1) is 0 Å². The molecule has 0 saturated heterocycles. The number of aryl methyl sites for hydroxylation is 1. The van der Waals surface area contributed by atoms with E-state index >= 15 is 0 Å². The van der Waals surface area contributed by atoms with Crippen LogP contribution in [0.15, 0.2) is 6.33 Å². The van der Waals surface area contributed by atoms with Gasteiger partial charge in [0.1, 0.15) is 12.2 Å². The second kappa shape index (κ2) is 8.15. The van der Waals surface area contributed by atoms with Crippen LogP contribution in [0.3, 0.4) is 0 Å². The van der Waals surface area contributed by atoms with Gasteiger partial charge in [0.15, 0.2) is 0 Å². The SMILES string of the molecule is CC.CCc1ncnc(N(CC)CC)n1. The van der Waals surface area contributed by atoms with Crippen LogP contribution >= 0.6 is 0 Å². The molecule has 4 nitrogen and oxygen atoms in total. The summed E-state index contributed by atoms with van der Waals surface area (Å²) in [7, 11) is 0. The fourth-order valence-corrected chi connectivity index (χ4v) is 1.15. The molecule has 0 aliphatic rings. The number of aromatic nitrogens is 3. The Morgan fingerprint density at radius 2 is 1.67 bits per heavy atom. The Hall–Kier alpha value is -1.19. The Morgan fingerprint density at radius 1 is 1.07 bits per heavy atom. The van der Waals surface area contributed by atoms with Crippen molar-refractivity contribution < 1.29 is 0 Å². The first-order valence-corrected chi connectivity index (χ1v) is 5.74. The van der Waals surface area contributed by atoms with Gasteiger partial charge in [-0.05, 0) is 13.8 Å². The highest BCUT2D eigenvalue weighted by Gasteiger charge is 2.05. The monoisotopic (exact) mass is 210 g/mol. The summed E-state index contributed by atoms with van der Waals surface area (Å²) < 4.78 is 0. The van der Waals surface area contributed by atoms with Crippen LogP contribution in [-0.2, 0) is 6.42 Å². The van der Waals surface area contributed by atoms with Gasteiger partial charge in [-0.25, -0.2) is 9.97 Å². The van der Waals surface area contributed by atoms with E-state index in [1.165, 1.54) is 0 Å². The zero-order valence-electron chi connectivity index (χ0n) is 10.5. The topological polar surface area (TPSA) is 41.9 Å². The predicted molar refractivity (Wildman–Crippen MR) is 64.1 cm³/mol. The number of hydrogen-bond donors (Lipinski definition) is 0. The summed E-state index contributed by atoms with van der Waals surface area (Å²) in [6.45, 7) is 12.1. The molecule has 1 aromatic heterocycles. The van der Waals surface area contributed by atoms with Crippen LogP contribution in [0.1, 0.15) is 40.4 Å². The van der Waals surface area contributed by atoms with E-state index in [0.29, 0.717) is 0 Å². The molecule has 1 aromatic rings. The van der Waals surface area contributed by atoms with E-state index in [2.05, 4.69) is 33.7 Å². The maximum atomic E-state index is 4.34. The second-order valence-corrected chi connectivity index (χ2v) is 2.73. The maximum absolute atomic E-state index is 4.34. The Balaban J connectivity index is 0.000000921. The lowest BCUT2D eigenvalue weighted by Gasteiger charge is -2.17. The molecular weight excluding hydrogens is 188 g/mol. The van der Waals surface area contributed by atoms with Gasteiger partial charge < -0.3 is 4.90 Å². The molecule has 0 N–H and O–H groups in total. The fourth-order valence-electron chi connectivity index (χ4n) is 1.15. The first-order chi connectivity index (χ1) is 7.31. The Morgan fingerprint density at radius 3 is 2.13 bits per heavy atom. The number of hydrogen-bond acceptors (Lipinski definition) is 4. The molecule has 0 amide bonds. The van der Waals surface area contributed by atoms with Crippen molar-refractivity contribution in [3.05, 3.63) is 12.2 Å². The van der Waals surface area contributed by atoms with Crippen molar-refractivity contribution in [2.75, 3.05) is 18.0 Å². The van der Waals surface area contributed by atoms with Gasteiger partial charge in [-0.3, -0.25) is 0 Å². The summed E-state index contributed by atoms with van der Waals surface area (Å²) in [6.07, 6.45) is 2.44. The lowest BCUT2D eigenvalue weighted by molar-refractivity contribution is 0.788. The quantitative estimate of drug-likeness (QED) is 0.764. The smallest absolute Gasteiger partial charge is 0.228 e. The minimum Gasteiger partial charge on any atom is -0.341 e. The standard InChI is InChI=1S/C9H16N4.C2H6/c1-4-8-10-7-11-9(12-8)13(5-2)6-3;1-2/h7H,4-6H2,1-3H3;1-2H3. The summed E-state index contributed by atoms with van der Waals surface area (Å²) >= 11 is 0. The average molecular weight is 210 g/mol. The molecule has 0 atom stereocenters. The number of anilines is 1. The lowest BCUT2D eigenvalue weighted by Crippen LogP contribution is -2.24. The normalized spacial score (nSPS) is 9.13. The van der Waals surface area contributed by atoms with E-state index in [1.807, 2.05) is 20.8 Å². The summed E-state index contributed by atoms with van der Waals surface area (Å²) in [4.78, 5) is 14.6. The van der Waals surface area contributed by atoms with Crippen molar-refractivity contribution >= 4 is 5.95 Å². The molecule has 0 bridgehead atoms. The molecule has 0 aromatic carbocycles. The molecule has 0 radical (unpaired) electrons. The van der Waals surface area contributed by atoms with E-state index in [0.717, 1.165) is 31.3 Å². The summed E-state index contributed by atoms with van der Waals surface area (Å²) in [5.74, 6) is 1.65. The highest BCUT2D eigenvalue weighted by Crippen LogP contribution is 2.04. The van der Waals surface area contributed by atoms with E-state index in [1.54, 1.807) is 6.33 Å². The molecule has 0 fully saturated rings. The van der Waals surface area contributed by atoms with Gasteiger partial charge >= 0.3 is 0 Å². The third-order valence-electron chi connectivity index (χ3n) is 1.97. The highest BCUT2D eigenvalue weighted by atomic mass is 15.3. The zero-order chi connectivity index (χ0) is 11.7. The molecule has 15 heavy (non-hydrogen) atoms. The third-order valence-corrected chi connectivity index (χ3v) is 1.97. The predicted octanol–water partition coefficient (Wildman–Crippen LogP) is 2.31. The van der Waals surface area contributed by atoms with Crippen LogP contribution in [0.25, 0.3) is 0 Å². The van der Waals surface area contributed by atoms with Gasteiger partial charge in [0.2, 0.25) is 5.95 Å². The van der Waals surface area contributed by atoms with Gasteiger partial charge in [0.25, 0.3) is 0 Å². The van der Waals surface area contributed by atoms with Crippen molar-refractivity contribution in [2.45, 2.75) is 41.0 Å². The summed E-state index contributed by atoms with van der Waals surface area (Å²) in [6, 6.07) is 0. The van der Waals surface area contributed by atoms with Crippen LogP contribution in [0, 0.1) is 0 Å². The maximum Gasteiger partial charge on any atom is 0.228 e. The summed E-state index contributed by atoms with van der Waals surface area (Å²) in [5.41, 5.74) is 0. The van der Waals surface area contributed by atoms with Crippen molar-refractivity contribution in [3.8, 4) is 0 Å². The molecule has 1 rings (SSSR count). The lowest BCUT2D eigenvalue weighted by atomic mass is 10.4.